The lowest BCUT2D eigenvalue weighted by Crippen LogP contribution is -2.39. The van der Waals surface area contributed by atoms with Gasteiger partial charge in [0.15, 0.2) is 0 Å². The second-order valence-corrected chi connectivity index (χ2v) is 18.1. The molecule has 0 aromatic heterocycles. The van der Waals surface area contributed by atoms with Crippen LogP contribution >= 0.6 is 0 Å². The summed E-state index contributed by atoms with van der Waals surface area (Å²) in [7, 11) is 0. The van der Waals surface area contributed by atoms with Gasteiger partial charge in [0.2, 0.25) is 0 Å². The van der Waals surface area contributed by atoms with Crippen molar-refractivity contribution >= 4 is 0 Å². The molecule has 0 bridgehead atoms. The van der Waals surface area contributed by atoms with Crippen LogP contribution in [0.3, 0.4) is 0 Å². The summed E-state index contributed by atoms with van der Waals surface area (Å²) in [5.74, 6) is 4.09. The molecule has 4 fully saturated rings. The van der Waals surface area contributed by atoms with Crippen molar-refractivity contribution < 1.29 is 1.43 Å². The van der Waals surface area contributed by atoms with Crippen LogP contribution in [0.15, 0.2) is 0 Å². The summed E-state index contributed by atoms with van der Waals surface area (Å²) in [6.07, 6.45) is 25.1. The Morgan fingerprint density at radius 1 is 0.444 bits per heavy atom. The maximum absolute atomic E-state index is 2.58. The molecule has 214 valence electrons. The molecule has 0 nitrogen and oxygen atoms in total. The van der Waals surface area contributed by atoms with E-state index < -0.39 is 0 Å². The van der Waals surface area contributed by atoms with Gasteiger partial charge in [0.1, 0.15) is 0 Å². The average molecular weight is 503 g/mol. The van der Waals surface area contributed by atoms with Crippen molar-refractivity contribution in [2.45, 2.75) is 178 Å². The fourth-order valence-corrected chi connectivity index (χ4v) is 8.48. The molecule has 0 unspecified atom stereocenters. The minimum absolute atomic E-state index is 0. The Labute approximate surface area is 230 Å². The standard InChI is InChI=1S/C19H36.C17H32.H2/c1-17(2)11-7-15(8-12-17)19(5,6)16-9-13-18(3,4)14-10-16;1-16(2)9-5-14(6-10-16)13-15-7-11-17(3,4)12-8-15;/h15-16H,7-14H2,1-6H3;14-15H,5-13H2,1-4H3;1H. The van der Waals surface area contributed by atoms with Crippen LogP contribution in [0.2, 0.25) is 0 Å². The first-order valence-electron chi connectivity index (χ1n) is 16.5. The van der Waals surface area contributed by atoms with E-state index in [0.29, 0.717) is 27.1 Å². The van der Waals surface area contributed by atoms with Crippen molar-refractivity contribution in [1.29, 1.82) is 0 Å². The lowest BCUT2D eigenvalue weighted by molar-refractivity contribution is 0.0148. The van der Waals surface area contributed by atoms with Crippen LogP contribution in [0.5, 0.6) is 0 Å². The van der Waals surface area contributed by atoms with E-state index in [1.807, 2.05) is 0 Å². The van der Waals surface area contributed by atoms with E-state index in [1.165, 1.54) is 103 Å². The molecule has 0 N–H and O–H groups in total. The van der Waals surface area contributed by atoms with Crippen LogP contribution in [-0.4, -0.2) is 0 Å². The van der Waals surface area contributed by atoms with E-state index in [1.54, 1.807) is 6.42 Å². The lowest BCUT2D eigenvalue weighted by atomic mass is 9.56. The summed E-state index contributed by atoms with van der Waals surface area (Å²) in [5, 5.41) is 0. The summed E-state index contributed by atoms with van der Waals surface area (Å²) in [4.78, 5) is 0. The van der Waals surface area contributed by atoms with Crippen molar-refractivity contribution in [3.63, 3.8) is 0 Å². The van der Waals surface area contributed by atoms with E-state index in [9.17, 15) is 0 Å². The van der Waals surface area contributed by atoms with Gasteiger partial charge >= 0.3 is 0 Å². The maximum Gasteiger partial charge on any atom is 0 e. The van der Waals surface area contributed by atoms with Gasteiger partial charge < -0.3 is 0 Å². The van der Waals surface area contributed by atoms with Gasteiger partial charge in [-0.05, 0) is 160 Å². The highest BCUT2D eigenvalue weighted by molar-refractivity contribution is 4.93. The molecule has 4 rings (SSSR count). The summed E-state index contributed by atoms with van der Waals surface area (Å²) in [6, 6.07) is 0. The Morgan fingerprint density at radius 3 is 0.917 bits per heavy atom. The molecule has 4 aliphatic carbocycles. The van der Waals surface area contributed by atoms with Gasteiger partial charge in [-0.3, -0.25) is 0 Å². The summed E-state index contributed by atoms with van der Waals surface area (Å²) >= 11 is 0. The SMILES string of the molecule is CC1(C)CCC(C(C)(C)C2CCC(C)(C)CC2)CC1.CC1(C)CCC(CC2CCC(C)(C)CC2)CC1.[HH]. The molecule has 0 spiro atoms. The first kappa shape index (κ1) is 30.5. The molecular weight excluding hydrogens is 432 g/mol. The molecule has 4 saturated carbocycles. The van der Waals surface area contributed by atoms with Gasteiger partial charge in [-0.2, -0.15) is 0 Å². The second kappa shape index (κ2) is 11.6. The molecule has 0 amide bonds. The van der Waals surface area contributed by atoms with Crippen LogP contribution in [0.25, 0.3) is 0 Å². The Kier molecular flexibility index (Phi) is 9.86. The Morgan fingerprint density at radius 2 is 0.667 bits per heavy atom. The molecule has 0 saturated heterocycles. The third-order valence-electron chi connectivity index (χ3n) is 12.4. The van der Waals surface area contributed by atoms with E-state index >= 15 is 0 Å². The number of hydrogen-bond acceptors (Lipinski definition) is 0. The van der Waals surface area contributed by atoms with E-state index in [4.69, 9.17) is 0 Å². The predicted octanol–water partition coefficient (Wildman–Crippen LogP) is 12.5. The predicted molar refractivity (Wildman–Crippen MR) is 163 cm³/mol. The molecular formula is C36H70. The highest BCUT2D eigenvalue weighted by Crippen LogP contribution is 2.53. The van der Waals surface area contributed by atoms with Crippen LogP contribution < -0.4 is 0 Å². The first-order chi connectivity index (χ1) is 16.5. The normalized spacial score (nSPS) is 29.8. The number of rotatable bonds is 4. The van der Waals surface area contributed by atoms with E-state index in [-0.39, 0.29) is 1.43 Å². The lowest BCUT2D eigenvalue weighted by Gasteiger charge is -2.49. The monoisotopic (exact) mass is 503 g/mol. The first-order valence-corrected chi connectivity index (χ1v) is 16.5. The summed E-state index contributed by atoms with van der Waals surface area (Å²) < 4.78 is 0. The third kappa shape index (κ3) is 9.04. The van der Waals surface area contributed by atoms with Gasteiger partial charge in [-0.1, -0.05) is 69.2 Å². The zero-order chi connectivity index (χ0) is 26.8. The quantitative estimate of drug-likeness (QED) is 0.358. The molecule has 0 radical (unpaired) electrons. The van der Waals surface area contributed by atoms with Gasteiger partial charge in [0.05, 0.1) is 0 Å². The van der Waals surface area contributed by atoms with E-state index in [0.717, 1.165) is 23.7 Å². The largest absolute Gasteiger partial charge is 0.0599 e. The van der Waals surface area contributed by atoms with Gasteiger partial charge in [-0.15, -0.1) is 0 Å². The minimum atomic E-state index is 0. The fourth-order valence-electron chi connectivity index (χ4n) is 8.48. The molecule has 0 aliphatic heterocycles. The molecule has 0 aromatic rings. The molecule has 0 heteroatoms. The zero-order valence-electron chi connectivity index (χ0n) is 26.8. The van der Waals surface area contributed by atoms with Crippen LogP contribution in [0, 0.1) is 50.7 Å². The minimum Gasteiger partial charge on any atom is -0.0599 e. The topological polar surface area (TPSA) is 0 Å². The third-order valence-corrected chi connectivity index (χ3v) is 12.4. The maximum atomic E-state index is 2.58. The van der Waals surface area contributed by atoms with Crippen LogP contribution in [0.4, 0.5) is 0 Å². The van der Waals surface area contributed by atoms with E-state index in [2.05, 4.69) is 69.2 Å². The summed E-state index contributed by atoms with van der Waals surface area (Å²) in [5.41, 5.74) is 3.09. The van der Waals surface area contributed by atoms with Gasteiger partial charge in [-0.25, -0.2) is 0 Å². The zero-order valence-corrected chi connectivity index (χ0v) is 26.8. The average Bonchev–Trinajstić information content (AvgIpc) is 2.76. The van der Waals surface area contributed by atoms with Gasteiger partial charge in [0, 0.05) is 1.43 Å². The number of hydrogen-bond donors (Lipinski definition) is 0. The van der Waals surface area contributed by atoms with Gasteiger partial charge in [0.25, 0.3) is 0 Å². The van der Waals surface area contributed by atoms with Crippen LogP contribution in [-0.2, 0) is 0 Å². The van der Waals surface area contributed by atoms with Crippen molar-refractivity contribution in [2.75, 3.05) is 0 Å². The highest BCUT2D eigenvalue weighted by atomic mass is 14.5. The van der Waals surface area contributed by atoms with Crippen LogP contribution in [0.1, 0.15) is 180 Å². The summed E-state index contributed by atoms with van der Waals surface area (Å²) in [6.45, 7) is 24.8. The molecule has 0 aromatic carbocycles. The fraction of sp³-hybridized carbons (Fsp3) is 1.00. The molecule has 0 atom stereocenters. The van der Waals surface area contributed by atoms with Crippen molar-refractivity contribution in [3.8, 4) is 0 Å². The molecule has 0 heterocycles. The smallest absolute Gasteiger partial charge is 0 e. The Balaban J connectivity index is 0.000000255. The molecule has 4 aliphatic rings. The Hall–Kier alpha value is 0. The van der Waals surface area contributed by atoms with Crippen molar-refractivity contribution in [2.24, 2.45) is 50.7 Å². The molecule has 36 heavy (non-hydrogen) atoms. The highest BCUT2D eigenvalue weighted by Gasteiger charge is 2.42. The van der Waals surface area contributed by atoms with Crippen molar-refractivity contribution in [3.05, 3.63) is 0 Å². The Bertz CT molecular complexity index is 585. The second-order valence-electron chi connectivity index (χ2n) is 18.1. The van der Waals surface area contributed by atoms with Crippen molar-refractivity contribution in [1.82, 2.24) is 0 Å².